The van der Waals surface area contributed by atoms with Crippen LogP contribution < -0.4 is 5.32 Å². The Hall–Kier alpha value is -0.250. The van der Waals surface area contributed by atoms with Crippen molar-refractivity contribution in [1.82, 2.24) is 5.32 Å². The van der Waals surface area contributed by atoms with Crippen molar-refractivity contribution in [3.8, 4) is 0 Å². The molecular formula is C14H26F3N. The summed E-state index contributed by atoms with van der Waals surface area (Å²) in [7, 11) is 0. The number of hydrogen-bond acceptors (Lipinski definition) is 1. The molecule has 18 heavy (non-hydrogen) atoms. The summed E-state index contributed by atoms with van der Waals surface area (Å²) in [6.45, 7) is 10.4. The molecule has 0 heterocycles. The second kappa shape index (κ2) is 5.03. The minimum absolute atomic E-state index is 0.195. The highest BCUT2D eigenvalue weighted by Gasteiger charge is 2.39. The second-order valence-corrected chi connectivity index (χ2v) is 7.50. The first-order valence-corrected chi connectivity index (χ1v) is 6.71. The summed E-state index contributed by atoms with van der Waals surface area (Å²) >= 11 is 0. The predicted molar refractivity (Wildman–Crippen MR) is 68.5 cm³/mol. The zero-order valence-corrected chi connectivity index (χ0v) is 12.1. The topological polar surface area (TPSA) is 12.0 Å². The lowest BCUT2D eigenvalue weighted by molar-refractivity contribution is -0.139. The van der Waals surface area contributed by atoms with Crippen LogP contribution in [0.5, 0.6) is 0 Å². The first kappa shape index (κ1) is 15.8. The Labute approximate surface area is 109 Å². The van der Waals surface area contributed by atoms with Gasteiger partial charge in [0, 0.05) is 12.1 Å². The third-order valence-electron chi connectivity index (χ3n) is 3.61. The standard InChI is InChI=1S/C14H26F3N/c1-10(6-14(15,16)17)18-11-7-12(2,3)9-13(4,5)8-11/h10-11,18H,6-9H2,1-5H3. The molecule has 1 atom stereocenters. The largest absolute Gasteiger partial charge is 0.390 e. The van der Waals surface area contributed by atoms with Crippen LogP contribution in [0.4, 0.5) is 13.2 Å². The van der Waals surface area contributed by atoms with E-state index in [0.717, 1.165) is 19.3 Å². The van der Waals surface area contributed by atoms with Crippen molar-refractivity contribution in [1.29, 1.82) is 0 Å². The summed E-state index contributed by atoms with van der Waals surface area (Å²) in [5.41, 5.74) is 0.411. The lowest BCUT2D eigenvalue weighted by Gasteiger charge is -2.46. The number of halogens is 3. The number of hydrogen-bond donors (Lipinski definition) is 1. The molecule has 0 bridgehead atoms. The fourth-order valence-corrected chi connectivity index (χ4v) is 3.77. The highest BCUT2D eigenvalue weighted by Crippen LogP contribution is 2.45. The van der Waals surface area contributed by atoms with Crippen LogP contribution in [-0.2, 0) is 0 Å². The molecule has 1 fully saturated rings. The van der Waals surface area contributed by atoms with Crippen LogP contribution >= 0.6 is 0 Å². The third kappa shape index (κ3) is 5.59. The van der Waals surface area contributed by atoms with E-state index in [2.05, 4.69) is 33.0 Å². The van der Waals surface area contributed by atoms with Gasteiger partial charge in [0.15, 0.2) is 0 Å². The van der Waals surface area contributed by atoms with Gasteiger partial charge in [-0.3, -0.25) is 0 Å². The van der Waals surface area contributed by atoms with Crippen molar-refractivity contribution in [2.24, 2.45) is 10.8 Å². The highest BCUT2D eigenvalue weighted by atomic mass is 19.4. The third-order valence-corrected chi connectivity index (χ3v) is 3.61. The van der Waals surface area contributed by atoms with Crippen LogP contribution in [0.2, 0.25) is 0 Å². The number of alkyl halides is 3. The molecule has 1 saturated carbocycles. The minimum Gasteiger partial charge on any atom is -0.311 e. The molecular weight excluding hydrogens is 239 g/mol. The Morgan fingerprint density at radius 2 is 1.56 bits per heavy atom. The molecule has 4 heteroatoms. The average molecular weight is 265 g/mol. The van der Waals surface area contributed by atoms with Crippen LogP contribution in [0.15, 0.2) is 0 Å². The Balaban J connectivity index is 2.56. The first-order chi connectivity index (χ1) is 7.89. The Morgan fingerprint density at radius 3 is 1.94 bits per heavy atom. The van der Waals surface area contributed by atoms with E-state index in [9.17, 15) is 13.2 Å². The zero-order chi connectivity index (χ0) is 14.2. The molecule has 1 aliphatic carbocycles. The molecule has 1 aliphatic rings. The fourth-order valence-electron chi connectivity index (χ4n) is 3.77. The predicted octanol–water partition coefficient (Wildman–Crippen LogP) is 4.52. The molecule has 108 valence electrons. The van der Waals surface area contributed by atoms with Gasteiger partial charge >= 0.3 is 6.18 Å². The van der Waals surface area contributed by atoms with Crippen molar-refractivity contribution in [2.45, 2.75) is 78.6 Å². The van der Waals surface area contributed by atoms with Gasteiger partial charge in [-0.05, 0) is 37.0 Å². The molecule has 0 saturated heterocycles. The van der Waals surface area contributed by atoms with Gasteiger partial charge in [0.25, 0.3) is 0 Å². The van der Waals surface area contributed by atoms with Crippen LogP contribution in [0.1, 0.15) is 60.3 Å². The molecule has 0 aromatic heterocycles. The molecule has 0 aromatic carbocycles. The van der Waals surface area contributed by atoms with Gasteiger partial charge in [-0.1, -0.05) is 27.7 Å². The van der Waals surface area contributed by atoms with Gasteiger partial charge in [-0.15, -0.1) is 0 Å². The second-order valence-electron chi connectivity index (χ2n) is 7.50. The summed E-state index contributed by atoms with van der Waals surface area (Å²) in [4.78, 5) is 0. The average Bonchev–Trinajstić information content (AvgIpc) is 1.90. The molecule has 0 radical (unpaired) electrons. The van der Waals surface area contributed by atoms with Gasteiger partial charge in [-0.25, -0.2) is 0 Å². The lowest BCUT2D eigenvalue weighted by Crippen LogP contribution is -2.47. The van der Waals surface area contributed by atoms with Crippen LogP contribution in [0.25, 0.3) is 0 Å². The van der Waals surface area contributed by atoms with Gasteiger partial charge in [0.1, 0.15) is 0 Å². The van der Waals surface area contributed by atoms with E-state index in [1.165, 1.54) is 0 Å². The molecule has 1 nitrogen and oxygen atoms in total. The number of rotatable bonds is 3. The fraction of sp³-hybridized carbons (Fsp3) is 1.00. The summed E-state index contributed by atoms with van der Waals surface area (Å²) < 4.78 is 37.0. The van der Waals surface area contributed by atoms with Crippen molar-refractivity contribution >= 4 is 0 Å². The van der Waals surface area contributed by atoms with E-state index in [4.69, 9.17) is 0 Å². The van der Waals surface area contributed by atoms with Gasteiger partial charge in [-0.2, -0.15) is 13.2 Å². The monoisotopic (exact) mass is 265 g/mol. The van der Waals surface area contributed by atoms with Crippen molar-refractivity contribution in [3.05, 3.63) is 0 Å². The maximum Gasteiger partial charge on any atom is 0.390 e. The summed E-state index contributed by atoms with van der Waals surface area (Å²) in [6.07, 6.45) is -1.78. The van der Waals surface area contributed by atoms with Gasteiger partial charge < -0.3 is 5.32 Å². The Kier molecular flexibility index (Phi) is 4.41. The normalized spacial score (nSPS) is 26.0. The van der Waals surface area contributed by atoms with E-state index < -0.39 is 18.6 Å². The SMILES string of the molecule is CC(CC(F)(F)F)NC1CC(C)(C)CC(C)(C)C1. The maximum atomic E-state index is 12.3. The van der Waals surface area contributed by atoms with Crippen molar-refractivity contribution < 1.29 is 13.2 Å². The Morgan fingerprint density at radius 1 is 1.11 bits per heavy atom. The summed E-state index contributed by atoms with van der Waals surface area (Å²) in [5.74, 6) is 0. The van der Waals surface area contributed by atoms with Crippen LogP contribution in [0.3, 0.4) is 0 Å². The molecule has 0 spiro atoms. The van der Waals surface area contributed by atoms with Crippen molar-refractivity contribution in [3.63, 3.8) is 0 Å². The van der Waals surface area contributed by atoms with E-state index >= 15 is 0 Å². The van der Waals surface area contributed by atoms with E-state index in [1.54, 1.807) is 6.92 Å². The maximum absolute atomic E-state index is 12.3. The molecule has 0 aliphatic heterocycles. The molecule has 0 amide bonds. The van der Waals surface area contributed by atoms with Gasteiger partial charge in [0.05, 0.1) is 6.42 Å². The molecule has 1 N–H and O–H groups in total. The minimum atomic E-state index is -4.08. The van der Waals surface area contributed by atoms with Crippen LogP contribution in [-0.4, -0.2) is 18.3 Å². The summed E-state index contributed by atoms with van der Waals surface area (Å²) in [6, 6.07) is -0.305. The lowest BCUT2D eigenvalue weighted by atomic mass is 9.63. The van der Waals surface area contributed by atoms with E-state index in [0.29, 0.717) is 0 Å². The zero-order valence-electron chi connectivity index (χ0n) is 12.1. The smallest absolute Gasteiger partial charge is 0.311 e. The Bertz CT molecular complexity index is 265. The number of nitrogens with one attached hydrogen (secondary N) is 1. The quantitative estimate of drug-likeness (QED) is 0.791. The molecule has 0 aromatic rings. The van der Waals surface area contributed by atoms with E-state index in [1.807, 2.05) is 0 Å². The first-order valence-electron chi connectivity index (χ1n) is 6.71. The van der Waals surface area contributed by atoms with Crippen molar-refractivity contribution in [2.75, 3.05) is 0 Å². The highest BCUT2D eigenvalue weighted by molar-refractivity contribution is 4.93. The van der Waals surface area contributed by atoms with Crippen LogP contribution in [0, 0.1) is 10.8 Å². The molecule has 1 rings (SSSR count). The van der Waals surface area contributed by atoms with Gasteiger partial charge in [0.2, 0.25) is 0 Å². The summed E-state index contributed by atoms with van der Waals surface area (Å²) in [5, 5.41) is 3.17. The van der Waals surface area contributed by atoms with E-state index in [-0.39, 0.29) is 16.9 Å². The molecule has 1 unspecified atom stereocenters.